The Labute approximate surface area is 114 Å². The summed E-state index contributed by atoms with van der Waals surface area (Å²) in [5, 5.41) is 2.81. The van der Waals surface area contributed by atoms with E-state index in [-0.39, 0.29) is 5.91 Å². The number of amides is 1. The largest absolute Gasteiger partial charge is 0.352 e. The van der Waals surface area contributed by atoms with Gasteiger partial charge < -0.3 is 5.32 Å². The van der Waals surface area contributed by atoms with Crippen LogP contribution < -0.4 is 9.62 Å². The van der Waals surface area contributed by atoms with E-state index >= 15 is 0 Å². The summed E-state index contributed by atoms with van der Waals surface area (Å²) in [6.45, 7) is 4.65. The lowest BCUT2D eigenvalue weighted by Gasteiger charge is -2.16. The predicted molar refractivity (Wildman–Crippen MR) is 76.9 cm³/mol. The summed E-state index contributed by atoms with van der Waals surface area (Å²) in [5.74, 6) is 0.238. The van der Waals surface area contributed by atoms with Crippen molar-refractivity contribution in [2.24, 2.45) is 5.92 Å². The molecule has 0 spiro atoms. The Bertz CT molecular complexity index is 536. The molecule has 0 heterocycles. The Balaban J connectivity index is 2.79. The van der Waals surface area contributed by atoms with E-state index in [4.69, 9.17) is 0 Å². The summed E-state index contributed by atoms with van der Waals surface area (Å²) in [6.07, 6.45) is 1.14. The number of hydrogen-bond acceptors (Lipinski definition) is 3. The first kappa shape index (κ1) is 15.5. The Kier molecular flexibility index (Phi) is 4.94. The van der Waals surface area contributed by atoms with E-state index in [1.807, 2.05) is 13.8 Å². The molecule has 19 heavy (non-hydrogen) atoms. The summed E-state index contributed by atoms with van der Waals surface area (Å²) in [7, 11) is -1.80. The van der Waals surface area contributed by atoms with Gasteiger partial charge in [0.1, 0.15) is 0 Å². The minimum Gasteiger partial charge on any atom is -0.352 e. The number of sulfonamides is 1. The normalized spacial score (nSPS) is 11.4. The van der Waals surface area contributed by atoms with Gasteiger partial charge in [0.2, 0.25) is 10.0 Å². The molecule has 1 aromatic carbocycles. The Morgan fingerprint density at radius 2 is 1.79 bits per heavy atom. The molecular weight excluding hydrogens is 264 g/mol. The van der Waals surface area contributed by atoms with Gasteiger partial charge in [-0.25, -0.2) is 8.42 Å². The van der Waals surface area contributed by atoms with Gasteiger partial charge >= 0.3 is 0 Å². The average Bonchev–Trinajstić information content (AvgIpc) is 2.34. The van der Waals surface area contributed by atoms with Gasteiger partial charge in [0.15, 0.2) is 0 Å². The SMILES string of the molecule is CC(C)CNC(=O)c1ccc(N(C)S(C)(=O)=O)cc1. The first-order chi connectivity index (χ1) is 8.71. The van der Waals surface area contributed by atoms with Crippen molar-refractivity contribution in [1.29, 1.82) is 0 Å². The molecule has 0 radical (unpaired) electrons. The van der Waals surface area contributed by atoms with Gasteiger partial charge in [-0.2, -0.15) is 0 Å². The van der Waals surface area contributed by atoms with Crippen molar-refractivity contribution in [3.05, 3.63) is 29.8 Å². The molecule has 0 aromatic heterocycles. The summed E-state index contributed by atoms with van der Waals surface area (Å²) >= 11 is 0. The van der Waals surface area contributed by atoms with E-state index in [9.17, 15) is 13.2 Å². The molecule has 5 nitrogen and oxygen atoms in total. The van der Waals surface area contributed by atoms with Crippen LogP contribution in [0.1, 0.15) is 24.2 Å². The first-order valence-electron chi connectivity index (χ1n) is 6.04. The van der Waals surface area contributed by atoms with Gasteiger partial charge in [-0.05, 0) is 30.2 Å². The number of benzene rings is 1. The van der Waals surface area contributed by atoms with Crippen LogP contribution in [0.15, 0.2) is 24.3 Å². The summed E-state index contributed by atoms with van der Waals surface area (Å²) in [6, 6.07) is 6.47. The van der Waals surface area contributed by atoms with Crippen molar-refractivity contribution >= 4 is 21.6 Å². The molecule has 0 aliphatic carbocycles. The van der Waals surface area contributed by atoms with E-state index in [0.29, 0.717) is 23.7 Å². The zero-order chi connectivity index (χ0) is 14.6. The maximum atomic E-state index is 11.8. The van der Waals surface area contributed by atoms with Crippen molar-refractivity contribution in [3.8, 4) is 0 Å². The molecule has 0 unspecified atom stereocenters. The molecule has 0 atom stereocenters. The van der Waals surface area contributed by atoms with E-state index in [0.717, 1.165) is 6.26 Å². The molecule has 0 aliphatic heterocycles. The number of rotatable bonds is 5. The third kappa shape index (κ3) is 4.55. The lowest BCUT2D eigenvalue weighted by molar-refractivity contribution is 0.0949. The van der Waals surface area contributed by atoms with Crippen LogP contribution in [0.25, 0.3) is 0 Å². The monoisotopic (exact) mass is 284 g/mol. The maximum absolute atomic E-state index is 11.8. The van der Waals surface area contributed by atoms with E-state index < -0.39 is 10.0 Å². The number of nitrogens with one attached hydrogen (secondary N) is 1. The fraction of sp³-hybridized carbons (Fsp3) is 0.462. The average molecular weight is 284 g/mol. The highest BCUT2D eigenvalue weighted by molar-refractivity contribution is 7.92. The second kappa shape index (κ2) is 6.06. The van der Waals surface area contributed by atoms with Crippen LogP contribution in [-0.2, 0) is 10.0 Å². The molecule has 0 saturated carbocycles. The second-order valence-electron chi connectivity index (χ2n) is 4.88. The van der Waals surface area contributed by atoms with Crippen LogP contribution in [0.3, 0.4) is 0 Å². The molecule has 0 aliphatic rings. The van der Waals surface area contributed by atoms with Crippen molar-refractivity contribution in [2.75, 3.05) is 24.2 Å². The minimum absolute atomic E-state index is 0.151. The number of carbonyl (C=O) groups excluding carboxylic acids is 1. The summed E-state index contributed by atoms with van der Waals surface area (Å²) < 4.78 is 23.9. The molecule has 6 heteroatoms. The van der Waals surface area contributed by atoms with Gasteiger partial charge in [-0.15, -0.1) is 0 Å². The van der Waals surface area contributed by atoms with Crippen molar-refractivity contribution < 1.29 is 13.2 Å². The second-order valence-corrected chi connectivity index (χ2v) is 6.89. The molecular formula is C13H20N2O3S. The fourth-order valence-corrected chi connectivity index (χ4v) is 1.92. The molecule has 1 N–H and O–H groups in total. The van der Waals surface area contributed by atoms with Crippen LogP contribution in [0, 0.1) is 5.92 Å². The van der Waals surface area contributed by atoms with Gasteiger partial charge in [-0.1, -0.05) is 13.8 Å². The van der Waals surface area contributed by atoms with Crippen LogP contribution in [-0.4, -0.2) is 34.2 Å². The molecule has 0 fully saturated rings. The minimum atomic E-state index is -3.28. The standard InChI is InChI=1S/C13H20N2O3S/c1-10(2)9-14-13(16)11-5-7-12(8-6-11)15(3)19(4,17)18/h5-8,10H,9H2,1-4H3,(H,14,16). The summed E-state index contributed by atoms with van der Waals surface area (Å²) in [4.78, 5) is 11.8. The van der Waals surface area contributed by atoms with Gasteiger partial charge in [0, 0.05) is 19.2 Å². The molecule has 106 valence electrons. The zero-order valence-corrected chi connectivity index (χ0v) is 12.5. The van der Waals surface area contributed by atoms with Gasteiger partial charge in [0.25, 0.3) is 5.91 Å². The molecule has 1 rings (SSSR count). The van der Waals surface area contributed by atoms with Crippen molar-refractivity contribution in [1.82, 2.24) is 5.32 Å². The van der Waals surface area contributed by atoms with Crippen LogP contribution in [0.5, 0.6) is 0 Å². The highest BCUT2D eigenvalue weighted by atomic mass is 32.2. The smallest absolute Gasteiger partial charge is 0.251 e. The number of carbonyl (C=O) groups is 1. The number of nitrogens with zero attached hydrogens (tertiary/aromatic N) is 1. The Morgan fingerprint density at radius 3 is 2.21 bits per heavy atom. The lowest BCUT2D eigenvalue weighted by atomic mass is 10.1. The van der Waals surface area contributed by atoms with Crippen LogP contribution in [0.4, 0.5) is 5.69 Å². The van der Waals surface area contributed by atoms with Gasteiger partial charge in [0.05, 0.1) is 11.9 Å². The van der Waals surface area contributed by atoms with Crippen LogP contribution >= 0.6 is 0 Å². The Morgan fingerprint density at radius 1 is 1.26 bits per heavy atom. The number of anilines is 1. The molecule has 0 saturated heterocycles. The highest BCUT2D eigenvalue weighted by Gasteiger charge is 2.12. The third-order valence-corrected chi connectivity index (χ3v) is 3.87. The molecule has 1 aromatic rings. The summed E-state index contributed by atoms with van der Waals surface area (Å²) in [5.41, 5.74) is 1.05. The predicted octanol–water partition coefficient (Wildman–Crippen LogP) is 1.47. The quantitative estimate of drug-likeness (QED) is 0.890. The molecule has 0 bridgehead atoms. The Hall–Kier alpha value is -1.56. The number of hydrogen-bond donors (Lipinski definition) is 1. The van der Waals surface area contributed by atoms with Crippen molar-refractivity contribution in [3.63, 3.8) is 0 Å². The first-order valence-corrected chi connectivity index (χ1v) is 7.89. The topological polar surface area (TPSA) is 66.5 Å². The zero-order valence-electron chi connectivity index (χ0n) is 11.7. The van der Waals surface area contributed by atoms with E-state index in [1.54, 1.807) is 24.3 Å². The lowest BCUT2D eigenvalue weighted by Crippen LogP contribution is -2.27. The highest BCUT2D eigenvalue weighted by Crippen LogP contribution is 2.16. The fourth-order valence-electron chi connectivity index (χ4n) is 1.41. The van der Waals surface area contributed by atoms with E-state index in [2.05, 4.69) is 5.32 Å². The van der Waals surface area contributed by atoms with Crippen LogP contribution in [0.2, 0.25) is 0 Å². The third-order valence-electron chi connectivity index (χ3n) is 2.66. The molecule has 1 amide bonds. The van der Waals surface area contributed by atoms with Gasteiger partial charge in [-0.3, -0.25) is 9.10 Å². The van der Waals surface area contributed by atoms with E-state index in [1.165, 1.54) is 11.4 Å². The van der Waals surface area contributed by atoms with Crippen molar-refractivity contribution in [2.45, 2.75) is 13.8 Å². The maximum Gasteiger partial charge on any atom is 0.251 e.